The third-order valence-electron chi connectivity index (χ3n) is 3.33. The summed E-state index contributed by atoms with van der Waals surface area (Å²) in [5.41, 5.74) is 1.32. The minimum Gasteiger partial charge on any atom is -0.325 e. The van der Waals surface area contributed by atoms with Crippen LogP contribution in [0.1, 0.15) is 6.42 Å². The molecule has 2 aromatic carbocycles. The third kappa shape index (κ3) is 3.55. The van der Waals surface area contributed by atoms with Crippen LogP contribution in [0.4, 0.5) is 5.69 Å². The van der Waals surface area contributed by atoms with Crippen LogP contribution in [-0.2, 0) is 14.6 Å². The molecule has 9 heteroatoms. The van der Waals surface area contributed by atoms with Gasteiger partial charge in [-0.1, -0.05) is 29.8 Å². The molecule has 0 saturated heterocycles. The van der Waals surface area contributed by atoms with E-state index in [1.54, 1.807) is 36.4 Å². The zero-order valence-electron chi connectivity index (χ0n) is 12.3. The average molecular weight is 382 g/mol. The molecule has 1 heterocycles. The van der Waals surface area contributed by atoms with Crippen LogP contribution in [-0.4, -0.2) is 28.8 Å². The van der Waals surface area contributed by atoms with Crippen LogP contribution in [0.3, 0.4) is 0 Å². The van der Waals surface area contributed by atoms with Crippen molar-refractivity contribution in [2.24, 2.45) is 0 Å². The summed E-state index contributed by atoms with van der Waals surface area (Å²) >= 11 is 6.91. The Kier molecular flexibility index (Phi) is 4.79. The first-order valence-electron chi connectivity index (χ1n) is 6.96. The molecule has 0 atom stereocenters. The van der Waals surface area contributed by atoms with Crippen molar-refractivity contribution in [1.29, 1.82) is 0 Å². The summed E-state index contributed by atoms with van der Waals surface area (Å²) in [4.78, 5) is 12.1. The lowest BCUT2D eigenvalue weighted by Gasteiger charge is -2.08. The Bertz CT molecular complexity index is 1000. The van der Waals surface area contributed by atoms with Crippen molar-refractivity contribution in [3.05, 3.63) is 47.5 Å². The highest BCUT2D eigenvalue weighted by atomic mass is 35.5. The molecule has 24 heavy (non-hydrogen) atoms. The third-order valence-corrected chi connectivity index (χ3v) is 5.94. The van der Waals surface area contributed by atoms with Gasteiger partial charge in [0.15, 0.2) is 9.84 Å². The molecular formula is C15H12ClN3O3S2. The Morgan fingerprint density at radius 3 is 2.71 bits per heavy atom. The van der Waals surface area contributed by atoms with Crippen molar-refractivity contribution in [1.82, 2.24) is 8.75 Å². The first kappa shape index (κ1) is 16.8. The van der Waals surface area contributed by atoms with Crippen LogP contribution in [0, 0.1) is 0 Å². The summed E-state index contributed by atoms with van der Waals surface area (Å²) in [7, 11) is -3.64. The number of amides is 1. The van der Waals surface area contributed by atoms with Gasteiger partial charge in [0.05, 0.1) is 33.1 Å². The summed E-state index contributed by atoms with van der Waals surface area (Å²) in [5, 5.41) is 3.00. The van der Waals surface area contributed by atoms with E-state index < -0.39 is 15.7 Å². The minimum absolute atomic E-state index is 0.0966. The highest BCUT2D eigenvalue weighted by Crippen LogP contribution is 2.23. The number of carbonyl (C=O) groups excluding carboxylic acids is 1. The van der Waals surface area contributed by atoms with Crippen LogP contribution in [0.2, 0.25) is 5.02 Å². The van der Waals surface area contributed by atoms with Gasteiger partial charge in [-0.25, -0.2) is 8.42 Å². The lowest BCUT2D eigenvalue weighted by molar-refractivity contribution is -0.115. The van der Waals surface area contributed by atoms with Gasteiger partial charge < -0.3 is 5.32 Å². The Morgan fingerprint density at radius 1 is 1.12 bits per heavy atom. The second-order valence-corrected chi connectivity index (χ2v) is 8.00. The SMILES string of the molecule is O=C(CCS(=O)(=O)c1cccc2nsnc12)Nc1ccccc1Cl. The second kappa shape index (κ2) is 6.84. The number of sulfone groups is 1. The standard InChI is InChI=1S/C15H12ClN3O3S2/c16-10-4-1-2-5-11(10)17-14(20)8-9-24(21,22)13-7-3-6-12-15(13)19-23-18-12/h1-7H,8-9H2,(H,17,20). The predicted octanol–water partition coefficient (Wildman–Crippen LogP) is 3.15. The molecule has 0 fully saturated rings. The Hall–Kier alpha value is -2.03. The lowest BCUT2D eigenvalue weighted by Crippen LogP contribution is -2.17. The summed E-state index contributed by atoms with van der Waals surface area (Å²) in [6.07, 6.45) is -0.179. The van der Waals surface area contributed by atoms with E-state index in [1.165, 1.54) is 6.07 Å². The molecular weight excluding hydrogens is 370 g/mol. The topological polar surface area (TPSA) is 89.0 Å². The Morgan fingerprint density at radius 2 is 1.92 bits per heavy atom. The highest BCUT2D eigenvalue weighted by molar-refractivity contribution is 7.91. The van der Waals surface area contributed by atoms with Crippen molar-refractivity contribution in [2.45, 2.75) is 11.3 Å². The molecule has 6 nitrogen and oxygen atoms in total. The van der Waals surface area contributed by atoms with Gasteiger partial charge in [-0.05, 0) is 24.3 Å². The van der Waals surface area contributed by atoms with Gasteiger partial charge in [-0.3, -0.25) is 4.79 Å². The number of fused-ring (bicyclic) bond motifs is 1. The number of anilines is 1. The predicted molar refractivity (Wildman–Crippen MR) is 94.2 cm³/mol. The molecule has 0 aliphatic rings. The molecule has 0 aliphatic heterocycles. The maximum Gasteiger partial charge on any atom is 0.225 e. The van der Waals surface area contributed by atoms with Crippen LogP contribution in [0.25, 0.3) is 11.0 Å². The number of halogens is 1. The minimum atomic E-state index is -3.64. The maximum absolute atomic E-state index is 12.5. The number of aromatic nitrogens is 2. The molecule has 1 N–H and O–H groups in total. The smallest absolute Gasteiger partial charge is 0.225 e. The van der Waals surface area contributed by atoms with Gasteiger partial charge in [0.1, 0.15) is 11.0 Å². The van der Waals surface area contributed by atoms with Gasteiger partial charge in [0.25, 0.3) is 0 Å². The zero-order chi connectivity index (χ0) is 17.2. The van der Waals surface area contributed by atoms with Crippen molar-refractivity contribution < 1.29 is 13.2 Å². The van der Waals surface area contributed by atoms with E-state index in [0.717, 1.165) is 11.7 Å². The van der Waals surface area contributed by atoms with E-state index in [0.29, 0.717) is 21.7 Å². The van der Waals surface area contributed by atoms with Gasteiger partial charge in [-0.2, -0.15) is 8.75 Å². The first-order chi connectivity index (χ1) is 11.5. The molecule has 0 saturated carbocycles. The van der Waals surface area contributed by atoms with E-state index in [-0.39, 0.29) is 17.1 Å². The van der Waals surface area contributed by atoms with Crippen LogP contribution < -0.4 is 5.32 Å². The second-order valence-electron chi connectivity index (χ2n) is 4.98. The van der Waals surface area contributed by atoms with Crippen molar-refractivity contribution in [3.8, 4) is 0 Å². The van der Waals surface area contributed by atoms with E-state index >= 15 is 0 Å². The largest absolute Gasteiger partial charge is 0.325 e. The van der Waals surface area contributed by atoms with E-state index in [9.17, 15) is 13.2 Å². The van der Waals surface area contributed by atoms with E-state index in [4.69, 9.17) is 11.6 Å². The van der Waals surface area contributed by atoms with Crippen molar-refractivity contribution in [3.63, 3.8) is 0 Å². The molecule has 0 unspecified atom stereocenters. The number of para-hydroxylation sites is 1. The number of rotatable bonds is 5. The molecule has 1 aromatic heterocycles. The highest BCUT2D eigenvalue weighted by Gasteiger charge is 2.21. The summed E-state index contributed by atoms with van der Waals surface area (Å²) < 4.78 is 33.0. The van der Waals surface area contributed by atoms with Crippen LogP contribution in [0.15, 0.2) is 47.4 Å². The number of hydrogen-bond donors (Lipinski definition) is 1. The van der Waals surface area contributed by atoms with Gasteiger partial charge >= 0.3 is 0 Å². The van der Waals surface area contributed by atoms with Gasteiger partial charge in [0, 0.05) is 6.42 Å². The molecule has 0 bridgehead atoms. The van der Waals surface area contributed by atoms with E-state index in [2.05, 4.69) is 14.1 Å². The Balaban J connectivity index is 1.73. The number of nitrogens with zero attached hydrogens (tertiary/aromatic N) is 2. The normalized spacial score (nSPS) is 11.5. The van der Waals surface area contributed by atoms with Crippen molar-refractivity contribution >= 4 is 55.8 Å². The number of benzene rings is 2. The molecule has 1 amide bonds. The fourth-order valence-electron chi connectivity index (χ4n) is 2.14. The van der Waals surface area contributed by atoms with Crippen LogP contribution >= 0.6 is 23.3 Å². The molecule has 0 spiro atoms. The summed E-state index contributed by atoms with van der Waals surface area (Å²) in [5.74, 6) is -0.741. The van der Waals surface area contributed by atoms with Crippen molar-refractivity contribution in [2.75, 3.05) is 11.1 Å². The maximum atomic E-state index is 12.5. The Labute approximate surface area is 147 Å². The monoisotopic (exact) mass is 381 g/mol. The zero-order valence-corrected chi connectivity index (χ0v) is 14.7. The molecule has 0 radical (unpaired) electrons. The average Bonchev–Trinajstić information content (AvgIpc) is 3.03. The van der Waals surface area contributed by atoms with Gasteiger partial charge in [-0.15, -0.1) is 0 Å². The quantitative estimate of drug-likeness (QED) is 0.733. The molecule has 3 rings (SSSR count). The number of hydrogen-bond acceptors (Lipinski definition) is 6. The van der Waals surface area contributed by atoms with E-state index in [1.807, 2.05) is 0 Å². The van der Waals surface area contributed by atoms with Crippen LogP contribution in [0.5, 0.6) is 0 Å². The first-order valence-corrected chi connectivity index (χ1v) is 9.72. The molecule has 3 aromatic rings. The lowest BCUT2D eigenvalue weighted by atomic mass is 10.3. The fraction of sp³-hybridized carbons (Fsp3) is 0.133. The number of carbonyl (C=O) groups is 1. The summed E-state index contributed by atoms with van der Waals surface area (Å²) in [6.45, 7) is 0. The van der Waals surface area contributed by atoms with Gasteiger partial charge in [0.2, 0.25) is 5.91 Å². The molecule has 0 aliphatic carbocycles. The summed E-state index contributed by atoms with van der Waals surface area (Å²) in [6, 6.07) is 11.5. The number of nitrogens with one attached hydrogen (secondary N) is 1. The fourth-order valence-corrected chi connectivity index (χ4v) is 4.34. The molecule has 124 valence electrons.